The number of hydrogen-bond donors (Lipinski definition) is 1. The minimum Gasteiger partial charge on any atom is -0.466 e. The first-order chi connectivity index (χ1) is 16.1. The van der Waals surface area contributed by atoms with Crippen LogP contribution in [0.1, 0.15) is 27.4 Å². The van der Waals surface area contributed by atoms with Crippen LogP contribution in [0.25, 0.3) is 27.8 Å². The number of para-hydroxylation sites is 2. The number of fused-ring (bicyclic) bond motifs is 1. The number of hydrogen-bond acceptors (Lipinski definition) is 3. The van der Waals surface area contributed by atoms with Crippen LogP contribution in [0.15, 0.2) is 101 Å². The lowest BCUT2D eigenvalue weighted by Crippen LogP contribution is -2.17. The van der Waals surface area contributed by atoms with Crippen LogP contribution in [0.3, 0.4) is 0 Å². The van der Waals surface area contributed by atoms with Crippen LogP contribution in [0, 0.1) is 13.8 Å². The smallest absolute Gasteiger partial charge is 0.274 e. The van der Waals surface area contributed by atoms with E-state index in [0.29, 0.717) is 17.1 Å². The van der Waals surface area contributed by atoms with Crippen molar-refractivity contribution < 1.29 is 9.21 Å². The topological polar surface area (TPSA) is 59.5 Å². The van der Waals surface area contributed by atoms with Crippen molar-refractivity contribution in [2.45, 2.75) is 13.8 Å². The molecule has 5 rings (SSSR count). The summed E-state index contributed by atoms with van der Waals surface area (Å²) in [5.74, 6) is 0.971. The Kier molecular flexibility index (Phi) is 5.37. The molecule has 0 unspecified atom stereocenters. The van der Waals surface area contributed by atoms with Gasteiger partial charge in [0, 0.05) is 16.6 Å². The zero-order chi connectivity index (χ0) is 22.8. The summed E-state index contributed by atoms with van der Waals surface area (Å²) >= 11 is 0. The second kappa shape index (κ2) is 8.63. The Hall–Kier alpha value is -4.38. The molecule has 3 aromatic carbocycles. The molecule has 0 aliphatic heterocycles. The van der Waals surface area contributed by atoms with Crippen LogP contribution < -0.4 is 5.43 Å². The number of aromatic nitrogens is 1. The Labute approximate surface area is 192 Å². The van der Waals surface area contributed by atoms with Crippen molar-refractivity contribution in [2.24, 2.45) is 5.10 Å². The number of rotatable bonds is 5. The Bertz CT molecular complexity index is 1460. The van der Waals surface area contributed by atoms with E-state index >= 15 is 0 Å². The van der Waals surface area contributed by atoms with Gasteiger partial charge in [0.2, 0.25) is 0 Å². The third-order valence-electron chi connectivity index (χ3n) is 5.62. The number of furan rings is 1. The van der Waals surface area contributed by atoms with Gasteiger partial charge in [0.1, 0.15) is 11.5 Å². The summed E-state index contributed by atoms with van der Waals surface area (Å²) < 4.78 is 7.70. The molecule has 0 saturated heterocycles. The van der Waals surface area contributed by atoms with Gasteiger partial charge in [-0.05, 0) is 43.7 Å². The van der Waals surface area contributed by atoms with Gasteiger partial charge in [-0.15, -0.1) is 0 Å². The third kappa shape index (κ3) is 3.85. The molecular weight excluding hydrogens is 410 g/mol. The van der Waals surface area contributed by atoms with Gasteiger partial charge >= 0.3 is 0 Å². The maximum Gasteiger partial charge on any atom is 0.274 e. The third-order valence-corrected chi connectivity index (χ3v) is 5.62. The molecule has 5 heteroatoms. The first-order valence-corrected chi connectivity index (χ1v) is 10.8. The zero-order valence-electron chi connectivity index (χ0n) is 18.4. The number of amides is 1. The summed E-state index contributed by atoms with van der Waals surface area (Å²) in [4.78, 5) is 12.6. The van der Waals surface area contributed by atoms with Crippen LogP contribution in [0.2, 0.25) is 0 Å². The molecule has 162 valence electrons. The van der Waals surface area contributed by atoms with E-state index in [9.17, 15) is 4.79 Å². The average molecular weight is 434 g/mol. The van der Waals surface area contributed by atoms with E-state index in [1.54, 1.807) is 19.2 Å². The second-order valence-corrected chi connectivity index (χ2v) is 7.84. The molecule has 1 amide bonds. The summed E-state index contributed by atoms with van der Waals surface area (Å²) in [6, 6.07) is 30.4. The van der Waals surface area contributed by atoms with Gasteiger partial charge in [-0.3, -0.25) is 4.79 Å². The zero-order valence-corrected chi connectivity index (χ0v) is 18.4. The van der Waals surface area contributed by atoms with Gasteiger partial charge < -0.3 is 8.98 Å². The lowest BCUT2D eigenvalue weighted by molar-refractivity contribution is 0.0953. The fourth-order valence-corrected chi connectivity index (χ4v) is 4.19. The highest BCUT2D eigenvalue weighted by Crippen LogP contribution is 2.35. The Balaban J connectivity index is 1.65. The van der Waals surface area contributed by atoms with E-state index in [0.717, 1.165) is 33.4 Å². The number of aryl methyl sites for hydroxylation is 2. The largest absolute Gasteiger partial charge is 0.466 e. The predicted molar refractivity (Wildman–Crippen MR) is 132 cm³/mol. The molecule has 0 radical (unpaired) electrons. The lowest BCUT2D eigenvalue weighted by Gasteiger charge is -2.12. The van der Waals surface area contributed by atoms with Gasteiger partial charge in [0.15, 0.2) is 0 Å². The summed E-state index contributed by atoms with van der Waals surface area (Å²) in [7, 11) is 0. The fourth-order valence-electron chi connectivity index (χ4n) is 4.19. The molecule has 0 spiro atoms. The molecule has 0 fully saturated rings. The molecule has 0 atom stereocenters. The molecule has 1 N–H and O–H groups in total. The standard InChI is InChI=1S/C28H23N3O2/c1-19-17-24(20(2)33-19)28(32)30-29-18-25-23-15-9-10-16-26(23)31(22-13-7-4-8-14-22)27(25)21-11-5-3-6-12-21/h3-18H,1-2H3,(H,30,32). The molecule has 5 aromatic rings. The van der Waals surface area contributed by atoms with Crippen LogP contribution >= 0.6 is 0 Å². The molecule has 0 aliphatic carbocycles. The van der Waals surface area contributed by atoms with Crippen molar-refractivity contribution in [1.29, 1.82) is 0 Å². The minimum atomic E-state index is -0.298. The summed E-state index contributed by atoms with van der Waals surface area (Å²) in [6.07, 6.45) is 1.73. The average Bonchev–Trinajstić information content (AvgIpc) is 3.36. The molecule has 33 heavy (non-hydrogen) atoms. The highest BCUT2D eigenvalue weighted by molar-refractivity contribution is 6.08. The van der Waals surface area contributed by atoms with Gasteiger partial charge in [0.25, 0.3) is 5.91 Å². The van der Waals surface area contributed by atoms with E-state index in [1.807, 2.05) is 55.5 Å². The van der Waals surface area contributed by atoms with Gasteiger partial charge in [-0.1, -0.05) is 66.7 Å². The minimum absolute atomic E-state index is 0.298. The van der Waals surface area contributed by atoms with Gasteiger partial charge in [-0.25, -0.2) is 5.43 Å². The molecule has 0 bridgehead atoms. The van der Waals surface area contributed by atoms with Crippen LogP contribution in [0.5, 0.6) is 0 Å². The number of benzene rings is 3. The highest BCUT2D eigenvalue weighted by Gasteiger charge is 2.19. The number of nitrogens with zero attached hydrogens (tertiary/aromatic N) is 2. The molecule has 0 saturated carbocycles. The van der Waals surface area contributed by atoms with E-state index in [1.165, 1.54) is 0 Å². The Morgan fingerprint density at radius 3 is 2.27 bits per heavy atom. The Morgan fingerprint density at radius 2 is 1.58 bits per heavy atom. The van der Waals surface area contributed by atoms with E-state index in [2.05, 4.69) is 51.5 Å². The van der Waals surface area contributed by atoms with Crippen LogP contribution in [-0.2, 0) is 0 Å². The van der Waals surface area contributed by atoms with E-state index in [4.69, 9.17) is 4.42 Å². The fraction of sp³-hybridized carbons (Fsp3) is 0.0714. The summed E-state index contributed by atoms with van der Waals surface area (Å²) in [5.41, 5.74) is 8.27. The van der Waals surface area contributed by atoms with Gasteiger partial charge in [0.05, 0.1) is 23.0 Å². The number of carbonyl (C=O) groups is 1. The maximum absolute atomic E-state index is 12.6. The second-order valence-electron chi connectivity index (χ2n) is 7.84. The molecule has 2 aromatic heterocycles. The van der Waals surface area contributed by atoms with Crippen molar-refractivity contribution in [3.63, 3.8) is 0 Å². The first-order valence-electron chi connectivity index (χ1n) is 10.8. The summed E-state index contributed by atoms with van der Waals surface area (Å²) in [6.45, 7) is 3.59. The Morgan fingerprint density at radius 1 is 0.909 bits per heavy atom. The SMILES string of the molecule is Cc1cc(C(=O)NN=Cc2c(-c3ccccc3)n(-c3ccccc3)c3ccccc23)c(C)o1. The van der Waals surface area contributed by atoms with Crippen molar-refractivity contribution >= 4 is 23.0 Å². The molecular formula is C28H23N3O2. The molecule has 0 aliphatic rings. The predicted octanol–water partition coefficient (Wildman–Crippen LogP) is 6.27. The molecule has 5 nitrogen and oxygen atoms in total. The van der Waals surface area contributed by atoms with Crippen molar-refractivity contribution in [3.8, 4) is 16.9 Å². The van der Waals surface area contributed by atoms with Gasteiger partial charge in [-0.2, -0.15) is 5.10 Å². The van der Waals surface area contributed by atoms with Crippen molar-refractivity contribution in [2.75, 3.05) is 0 Å². The maximum atomic E-state index is 12.6. The highest BCUT2D eigenvalue weighted by atomic mass is 16.3. The number of nitrogens with one attached hydrogen (secondary N) is 1. The number of carbonyl (C=O) groups excluding carboxylic acids is 1. The van der Waals surface area contributed by atoms with E-state index < -0.39 is 0 Å². The van der Waals surface area contributed by atoms with E-state index in [-0.39, 0.29) is 5.91 Å². The lowest BCUT2D eigenvalue weighted by atomic mass is 10.1. The number of hydrazone groups is 1. The molecule has 2 heterocycles. The first kappa shape index (κ1) is 20.5. The summed E-state index contributed by atoms with van der Waals surface area (Å²) in [5, 5.41) is 5.38. The van der Waals surface area contributed by atoms with Crippen molar-refractivity contribution in [1.82, 2.24) is 9.99 Å². The van der Waals surface area contributed by atoms with Crippen LogP contribution in [-0.4, -0.2) is 16.7 Å². The van der Waals surface area contributed by atoms with Crippen LogP contribution in [0.4, 0.5) is 0 Å². The quantitative estimate of drug-likeness (QED) is 0.262. The normalized spacial score (nSPS) is 11.3. The van der Waals surface area contributed by atoms with Crippen molar-refractivity contribution in [3.05, 3.63) is 114 Å². The monoisotopic (exact) mass is 433 g/mol.